The zero-order valence-electron chi connectivity index (χ0n) is 43.0. The second-order valence-electron chi connectivity index (χ2n) is 20.5. The molecule has 65 heavy (non-hydrogen) atoms. The standard InChI is InChI=1S/C56H111NO8/c1-3-5-7-9-11-13-15-17-18-19-20-21-22-23-24-25-26-27-28-29-30-31-32-33-34-36-38-40-42-44-46-52(60)57-49(48-64-56-55(63)54(62)53(61)51(47-58)65-56)50(59)45-43-41-39-37-35-16-14-12-10-8-6-4-2/h49-51,53-56,58-59,61-63H,3-48H2,1-2H3,(H,57,60). The van der Waals surface area contributed by atoms with Crippen LogP contribution in [0, 0.1) is 0 Å². The van der Waals surface area contributed by atoms with Crippen LogP contribution in [0.3, 0.4) is 0 Å². The highest BCUT2D eigenvalue weighted by atomic mass is 16.7. The number of carbonyl (C=O) groups excluding carboxylic acids is 1. The minimum atomic E-state index is -1.55. The fourth-order valence-electron chi connectivity index (χ4n) is 9.64. The van der Waals surface area contributed by atoms with Crippen LogP contribution in [-0.2, 0) is 14.3 Å². The normalized spacial score (nSPS) is 19.8. The molecule has 1 fully saturated rings. The van der Waals surface area contributed by atoms with E-state index in [0.717, 1.165) is 38.5 Å². The quantitative estimate of drug-likeness (QED) is 0.0330. The fourth-order valence-corrected chi connectivity index (χ4v) is 9.64. The Morgan fingerprint density at radius 2 is 0.769 bits per heavy atom. The maximum atomic E-state index is 13.0. The SMILES string of the molecule is CCCCCCCCCCCCCCCCCCCCCCCCCCCCCCCCC(=O)NC(COC1OC(CO)C(O)C(O)C1O)C(O)CCCCCCCCCCCCCC. The van der Waals surface area contributed by atoms with E-state index in [1.54, 1.807) is 0 Å². The van der Waals surface area contributed by atoms with Gasteiger partial charge in [-0.2, -0.15) is 0 Å². The molecule has 0 spiro atoms. The van der Waals surface area contributed by atoms with Crippen LogP contribution in [0.2, 0.25) is 0 Å². The third-order valence-corrected chi connectivity index (χ3v) is 14.2. The van der Waals surface area contributed by atoms with E-state index in [-0.39, 0.29) is 12.5 Å². The van der Waals surface area contributed by atoms with E-state index in [2.05, 4.69) is 19.2 Å². The summed E-state index contributed by atoms with van der Waals surface area (Å²) in [6.45, 7) is 3.86. The molecule has 9 heteroatoms. The first-order chi connectivity index (χ1) is 31.8. The second kappa shape index (κ2) is 46.9. The Hall–Kier alpha value is -0.810. The van der Waals surface area contributed by atoms with Gasteiger partial charge in [0.15, 0.2) is 6.29 Å². The van der Waals surface area contributed by atoms with Gasteiger partial charge in [-0.3, -0.25) is 4.79 Å². The first-order valence-corrected chi connectivity index (χ1v) is 28.7. The highest BCUT2D eigenvalue weighted by Crippen LogP contribution is 2.23. The molecule has 0 radical (unpaired) electrons. The van der Waals surface area contributed by atoms with Crippen molar-refractivity contribution < 1.29 is 39.8 Å². The van der Waals surface area contributed by atoms with Gasteiger partial charge in [-0.15, -0.1) is 0 Å². The molecule has 1 aliphatic rings. The van der Waals surface area contributed by atoms with Crippen LogP contribution in [0.4, 0.5) is 0 Å². The molecule has 0 aromatic carbocycles. The summed E-state index contributed by atoms with van der Waals surface area (Å²) in [6, 6.07) is -0.712. The van der Waals surface area contributed by atoms with E-state index in [9.17, 15) is 30.3 Å². The summed E-state index contributed by atoms with van der Waals surface area (Å²) in [5.41, 5.74) is 0. The predicted molar refractivity (Wildman–Crippen MR) is 272 cm³/mol. The Labute approximate surface area is 402 Å². The van der Waals surface area contributed by atoms with Gasteiger partial charge in [0.25, 0.3) is 0 Å². The molecular formula is C56H111NO8. The number of rotatable bonds is 50. The fraction of sp³-hybridized carbons (Fsp3) is 0.982. The molecule has 1 heterocycles. The largest absolute Gasteiger partial charge is 0.394 e. The predicted octanol–water partition coefficient (Wildman–Crippen LogP) is 13.9. The zero-order valence-corrected chi connectivity index (χ0v) is 43.0. The van der Waals surface area contributed by atoms with Gasteiger partial charge < -0.3 is 40.3 Å². The van der Waals surface area contributed by atoms with Gasteiger partial charge in [0.1, 0.15) is 24.4 Å². The van der Waals surface area contributed by atoms with Crippen LogP contribution in [0.5, 0.6) is 0 Å². The topological polar surface area (TPSA) is 149 Å². The molecule has 7 unspecified atom stereocenters. The lowest BCUT2D eigenvalue weighted by Gasteiger charge is -2.40. The van der Waals surface area contributed by atoms with Crippen LogP contribution in [0.25, 0.3) is 0 Å². The van der Waals surface area contributed by atoms with E-state index >= 15 is 0 Å². The molecule has 1 rings (SSSR count). The molecule has 9 nitrogen and oxygen atoms in total. The molecule has 1 amide bonds. The van der Waals surface area contributed by atoms with Crippen molar-refractivity contribution in [1.29, 1.82) is 0 Å². The van der Waals surface area contributed by atoms with Crippen LogP contribution in [-0.4, -0.2) is 87.5 Å². The van der Waals surface area contributed by atoms with E-state index in [1.807, 2.05) is 0 Å². The summed E-state index contributed by atoms with van der Waals surface area (Å²) in [5.74, 6) is -0.138. The number of ether oxygens (including phenoxy) is 2. The molecule has 7 atom stereocenters. The summed E-state index contributed by atoms with van der Waals surface area (Å²) >= 11 is 0. The Balaban J connectivity index is 2.09. The maximum absolute atomic E-state index is 13.0. The van der Waals surface area contributed by atoms with Crippen LogP contribution < -0.4 is 5.32 Å². The van der Waals surface area contributed by atoms with Crippen LogP contribution >= 0.6 is 0 Å². The van der Waals surface area contributed by atoms with E-state index < -0.39 is 49.5 Å². The average Bonchev–Trinajstić information content (AvgIpc) is 3.31. The summed E-state index contributed by atoms with van der Waals surface area (Å²) in [5, 5.41) is 54.5. The summed E-state index contributed by atoms with van der Waals surface area (Å²) in [6.07, 6.45) is 48.7. The summed E-state index contributed by atoms with van der Waals surface area (Å²) in [7, 11) is 0. The zero-order chi connectivity index (χ0) is 47.3. The molecule has 0 aromatic rings. The highest BCUT2D eigenvalue weighted by molar-refractivity contribution is 5.76. The number of aliphatic hydroxyl groups is 5. The molecule has 388 valence electrons. The molecule has 1 saturated heterocycles. The lowest BCUT2D eigenvalue weighted by atomic mass is 9.99. The number of hydrogen-bond acceptors (Lipinski definition) is 8. The number of nitrogens with one attached hydrogen (secondary N) is 1. The maximum Gasteiger partial charge on any atom is 0.220 e. The van der Waals surface area contributed by atoms with Crippen LogP contribution in [0.15, 0.2) is 0 Å². The van der Waals surface area contributed by atoms with E-state index in [0.29, 0.717) is 12.8 Å². The van der Waals surface area contributed by atoms with Gasteiger partial charge in [0.2, 0.25) is 5.91 Å². The van der Waals surface area contributed by atoms with E-state index in [1.165, 1.54) is 231 Å². The lowest BCUT2D eigenvalue weighted by Crippen LogP contribution is -2.60. The molecule has 0 saturated carbocycles. The van der Waals surface area contributed by atoms with Crippen molar-refractivity contribution in [1.82, 2.24) is 5.32 Å². The van der Waals surface area contributed by atoms with Crippen LogP contribution in [0.1, 0.15) is 296 Å². The average molecular weight is 927 g/mol. The molecule has 1 aliphatic heterocycles. The number of amides is 1. The van der Waals surface area contributed by atoms with Crippen molar-refractivity contribution >= 4 is 5.91 Å². The minimum absolute atomic E-state index is 0.131. The van der Waals surface area contributed by atoms with Crippen molar-refractivity contribution in [2.75, 3.05) is 13.2 Å². The van der Waals surface area contributed by atoms with Gasteiger partial charge in [0, 0.05) is 6.42 Å². The van der Waals surface area contributed by atoms with Crippen molar-refractivity contribution in [3.63, 3.8) is 0 Å². The monoisotopic (exact) mass is 926 g/mol. The van der Waals surface area contributed by atoms with Crippen molar-refractivity contribution in [3.8, 4) is 0 Å². The second-order valence-corrected chi connectivity index (χ2v) is 20.5. The van der Waals surface area contributed by atoms with Gasteiger partial charge in [-0.1, -0.05) is 277 Å². The molecule has 0 aromatic heterocycles. The first-order valence-electron chi connectivity index (χ1n) is 28.7. The molecule has 0 bridgehead atoms. The van der Waals surface area contributed by atoms with Gasteiger partial charge in [0.05, 0.1) is 25.4 Å². The molecular weight excluding hydrogens is 815 g/mol. The van der Waals surface area contributed by atoms with Gasteiger partial charge >= 0.3 is 0 Å². The Morgan fingerprint density at radius 3 is 1.09 bits per heavy atom. The Morgan fingerprint density at radius 1 is 0.462 bits per heavy atom. The minimum Gasteiger partial charge on any atom is -0.394 e. The Kier molecular flexibility index (Phi) is 44.9. The van der Waals surface area contributed by atoms with Crippen molar-refractivity contribution in [3.05, 3.63) is 0 Å². The number of hydrogen-bond donors (Lipinski definition) is 6. The first kappa shape index (κ1) is 62.2. The van der Waals surface area contributed by atoms with Crippen molar-refractivity contribution in [2.45, 2.75) is 339 Å². The number of unbranched alkanes of at least 4 members (excludes halogenated alkanes) is 40. The van der Waals surface area contributed by atoms with Gasteiger partial charge in [-0.25, -0.2) is 0 Å². The van der Waals surface area contributed by atoms with E-state index in [4.69, 9.17) is 9.47 Å². The Bertz CT molecular complexity index is 986. The van der Waals surface area contributed by atoms with Gasteiger partial charge in [-0.05, 0) is 12.8 Å². The number of aliphatic hydroxyl groups excluding tert-OH is 5. The molecule has 6 N–H and O–H groups in total. The lowest BCUT2D eigenvalue weighted by molar-refractivity contribution is -0.302. The summed E-state index contributed by atoms with van der Waals surface area (Å²) in [4.78, 5) is 13.0. The number of carbonyl (C=O) groups is 1. The third kappa shape index (κ3) is 36.8. The van der Waals surface area contributed by atoms with Crippen molar-refractivity contribution in [2.24, 2.45) is 0 Å². The summed E-state index contributed by atoms with van der Waals surface area (Å²) < 4.78 is 11.3. The molecule has 0 aliphatic carbocycles. The third-order valence-electron chi connectivity index (χ3n) is 14.2. The highest BCUT2D eigenvalue weighted by Gasteiger charge is 2.44. The smallest absolute Gasteiger partial charge is 0.220 e.